The number of alkyl halides is 1. The minimum atomic E-state index is -0.203. The fourth-order valence-electron chi connectivity index (χ4n) is 5.02. The number of rotatable bonds is 4. The molecule has 1 atom stereocenters. The second-order valence-corrected chi connectivity index (χ2v) is 9.77. The van der Waals surface area contributed by atoms with Crippen molar-refractivity contribution in [2.45, 2.75) is 49.4 Å². The van der Waals surface area contributed by atoms with Crippen LogP contribution in [0.25, 0.3) is 5.70 Å². The number of benzene rings is 1. The van der Waals surface area contributed by atoms with Gasteiger partial charge in [-0.25, -0.2) is 0 Å². The molecule has 6 heteroatoms. The van der Waals surface area contributed by atoms with Gasteiger partial charge in [0.1, 0.15) is 11.3 Å². The molecule has 1 aromatic heterocycles. The Balaban J connectivity index is 1.29. The van der Waals surface area contributed by atoms with E-state index in [1.54, 1.807) is 0 Å². The molecule has 1 aliphatic carbocycles. The summed E-state index contributed by atoms with van der Waals surface area (Å²) in [5.74, 6) is 1.04. The number of carbonyl (C=O) groups excluding carboxylic acids is 1. The Hall–Kier alpha value is -2.34. The van der Waals surface area contributed by atoms with Crippen LogP contribution in [-0.2, 0) is 16.8 Å². The molecule has 2 aliphatic heterocycles. The van der Waals surface area contributed by atoms with Gasteiger partial charge < -0.3 is 14.2 Å². The van der Waals surface area contributed by atoms with Crippen molar-refractivity contribution < 1.29 is 9.53 Å². The van der Waals surface area contributed by atoms with E-state index in [0.717, 1.165) is 50.1 Å². The maximum Gasteiger partial charge on any atom is 0.226 e. The molecule has 1 unspecified atom stereocenters. The largest absolute Gasteiger partial charge is 0.494 e. The number of aromatic nitrogens is 1. The van der Waals surface area contributed by atoms with E-state index in [1.807, 2.05) is 36.1 Å². The Kier molecular flexibility index (Phi) is 5.51. The first-order chi connectivity index (χ1) is 15.1. The number of hydrogen-bond acceptors (Lipinski definition) is 3. The first-order valence-corrected chi connectivity index (χ1v) is 12.1. The lowest BCUT2D eigenvalue weighted by molar-refractivity contribution is -0.132. The van der Waals surface area contributed by atoms with E-state index in [0.29, 0.717) is 17.9 Å². The molecule has 1 fully saturated rings. The summed E-state index contributed by atoms with van der Waals surface area (Å²) in [7, 11) is 0. The third kappa shape index (κ3) is 3.86. The lowest BCUT2D eigenvalue weighted by Crippen LogP contribution is -2.47. The van der Waals surface area contributed by atoms with Crippen LogP contribution in [-0.4, -0.2) is 45.6 Å². The SMILES string of the molecule is CCOc1ccc(CC(=O)N2CCC3(CC2)N=C2CCC(Br)C=C2n2cccc23)cc1. The monoisotopic (exact) mass is 481 g/mol. The topological polar surface area (TPSA) is 46.8 Å². The molecular formula is C25H28BrN3O2. The molecule has 5 nitrogen and oxygen atoms in total. The summed E-state index contributed by atoms with van der Waals surface area (Å²) in [6.07, 6.45) is 8.72. The lowest BCUT2D eigenvalue weighted by Gasteiger charge is -2.43. The predicted molar refractivity (Wildman–Crippen MR) is 127 cm³/mol. The molecule has 0 bridgehead atoms. The summed E-state index contributed by atoms with van der Waals surface area (Å²) in [4.78, 5) is 20.7. The van der Waals surface area contributed by atoms with Crippen molar-refractivity contribution >= 4 is 33.2 Å². The molecule has 31 heavy (non-hydrogen) atoms. The first kappa shape index (κ1) is 20.6. The van der Waals surface area contributed by atoms with Crippen LogP contribution >= 0.6 is 15.9 Å². The van der Waals surface area contributed by atoms with Crippen molar-refractivity contribution in [2.24, 2.45) is 4.99 Å². The van der Waals surface area contributed by atoms with Gasteiger partial charge >= 0.3 is 0 Å². The van der Waals surface area contributed by atoms with Crippen LogP contribution in [0.1, 0.15) is 43.9 Å². The summed E-state index contributed by atoms with van der Waals surface area (Å²) < 4.78 is 7.82. The van der Waals surface area contributed by atoms with Gasteiger partial charge in [0.25, 0.3) is 0 Å². The second kappa shape index (κ2) is 8.30. The molecule has 0 N–H and O–H groups in total. The van der Waals surface area contributed by atoms with E-state index in [1.165, 1.54) is 17.1 Å². The van der Waals surface area contributed by atoms with Crippen LogP contribution in [0.5, 0.6) is 5.75 Å². The van der Waals surface area contributed by atoms with Gasteiger partial charge in [0.2, 0.25) is 5.91 Å². The van der Waals surface area contributed by atoms with Crippen molar-refractivity contribution in [3.63, 3.8) is 0 Å². The van der Waals surface area contributed by atoms with Crippen LogP contribution in [0.15, 0.2) is 53.7 Å². The smallest absolute Gasteiger partial charge is 0.226 e. The summed E-state index contributed by atoms with van der Waals surface area (Å²) in [5, 5.41) is 0. The maximum absolute atomic E-state index is 12.9. The van der Waals surface area contributed by atoms with E-state index >= 15 is 0 Å². The summed E-state index contributed by atoms with van der Waals surface area (Å²) in [5.41, 5.74) is 4.54. The van der Waals surface area contributed by atoms with Gasteiger partial charge in [-0.2, -0.15) is 0 Å². The normalized spacial score (nSPS) is 21.7. The summed E-state index contributed by atoms with van der Waals surface area (Å²) in [6.45, 7) is 4.11. The van der Waals surface area contributed by atoms with E-state index in [2.05, 4.69) is 44.9 Å². The fourth-order valence-corrected chi connectivity index (χ4v) is 5.50. The van der Waals surface area contributed by atoms with Gasteiger partial charge in [-0.15, -0.1) is 0 Å². The van der Waals surface area contributed by atoms with Gasteiger partial charge in [0.15, 0.2) is 0 Å². The molecule has 1 aromatic carbocycles. The second-order valence-electron chi connectivity index (χ2n) is 8.59. The summed E-state index contributed by atoms with van der Waals surface area (Å²) in [6, 6.07) is 12.2. The van der Waals surface area contributed by atoms with Gasteiger partial charge in [0, 0.05) is 24.1 Å². The number of likely N-dealkylation sites (tertiary alicyclic amines) is 1. The van der Waals surface area contributed by atoms with E-state index in [9.17, 15) is 4.79 Å². The number of nitrogens with zero attached hydrogens (tertiary/aromatic N) is 3. The molecule has 2 aromatic rings. The van der Waals surface area contributed by atoms with Crippen molar-refractivity contribution in [2.75, 3.05) is 19.7 Å². The third-order valence-corrected chi connectivity index (χ3v) is 7.38. The molecule has 3 aliphatic rings. The van der Waals surface area contributed by atoms with Crippen molar-refractivity contribution in [3.05, 3.63) is 59.9 Å². The number of halogens is 1. The number of piperidine rings is 1. The quantitative estimate of drug-likeness (QED) is 0.588. The highest BCUT2D eigenvalue weighted by molar-refractivity contribution is 9.09. The number of amides is 1. The Bertz CT molecular complexity index is 1030. The van der Waals surface area contributed by atoms with E-state index in [-0.39, 0.29) is 11.4 Å². The van der Waals surface area contributed by atoms with Crippen LogP contribution < -0.4 is 4.74 Å². The zero-order chi connectivity index (χ0) is 21.4. The van der Waals surface area contributed by atoms with Gasteiger partial charge in [0.05, 0.1) is 30.1 Å². The standard InChI is InChI=1S/C25H28BrN3O2/c1-2-31-20-8-5-18(6-9-20)16-24(30)28-14-11-25(12-15-28)23-4-3-13-29(23)22-17-19(26)7-10-21(22)27-25/h3-6,8-9,13,17,19H,2,7,10-12,14-16H2,1H3. The molecule has 3 heterocycles. The zero-order valence-corrected chi connectivity index (χ0v) is 19.5. The van der Waals surface area contributed by atoms with Crippen LogP contribution in [0, 0.1) is 0 Å². The predicted octanol–water partition coefficient (Wildman–Crippen LogP) is 4.80. The van der Waals surface area contributed by atoms with Crippen LogP contribution in [0.2, 0.25) is 0 Å². The number of fused-ring (bicyclic) bond motifs is 4. The van der Waals surface area contributed by atoms with Crippen molar-refractivity contribution in [3.8, 4) is 5.75 Å². The maximum atomic E-state index is 12.9. The first-order valence-electron chi connectivity index (χ1n) is 11.2. The Morgan fingerprint density at radius 2 is 2.00 bits per heavy atom. The van der Waals surface area contributed by atoms with Crippen molar-refractivity contribution in [1.29, 1.82) is 0 Å². The number of ether oxygens (including phenoxy) is 1. The molecular weight excluding hydrogens is 454 g/mol. The summed E-state index contributed by atoms with van der Waals surface area (Å²) >= 11 is 3.74. The average molecular weight is 482 g/mol. The number of hydrogen-bond donors (Lipinski definition) is 0. The van der Waals surface area contributed by atoms with Gasteiger partial charge in [-0.1, -0.05) is 28.1 Å². The molecule has 0 saturated carbocycles. The highest BCUT2D eigenvalue weighted by Gasteiger charge is 2.43. The molecule has 5 rings (SSSR count). The van der Waals surface area contributed by atoms with Crippen LogP contribution in [0.4, 0.5) is 0 Å². The molecule has 1 spiro atoms. The third-order valence-electron chi connectivity index (χ3n) is 6.66. The number of aliphatic imine (C=N–C) groups is 1. The van der Waals surface area contributed by atoms with E-state index < -0.39 is 0 Å². The molecule has 1 amide bonds. The van der Waals surface area contributed by atoms with E-state index in [4.69, 9.17) is 9.73 Å². The Morgan fingerprint density at radius 1 is 1.23 bits per heavy atom. The van der Waals surface area contributed by atoms with Crippen LogP contribution in [0.3, 0.4) is 0 Å². The highest BCUT2D eigenvalue weighted by atomic mass is 79.9. The van der Waals surface area contributed by atoms with Gasteiger partial charge in [-0.05, 0) is 68.5 Å². The molecule has 162 valence electrons. The zero-order valence-electron chi connectivity index (χ0n) is 17.9. The minimum Gasteiger partial charge on any atom is -0.494 e. The molecule has 1 saturated heterocycles. The van der Waals surface area contributed by atoms with Gasteiger partial charge in [-0.3, -0.25) is 9.79 Å². The fraction of sp³-hybridized carbons (Fsp3) is 0.440. The lowest BCUT2D eigenvalue weighted by atomic mass is 9.82. The number of allylic oxidation sites excluding steroid dienone is 2. The number of carbonyl (C=O) groups is 1. The molecule has 0 radical (unpaired) electrons. The average Bonchev–Trinajstić information content (AvgIpc) is 3.28. The highest BCUT2D eigenvalue weighted by Crippen LogP contribution is 2.44. The Morgan fingerprint density at radius 3 is 2.74 bits per heavy atom. The minimum absolute atomic E-state index is 0.193. The van der Waals surface area contributed by atoms with Crippen molar-refractivity contribution in [1.82, 2.24) is 9.47 Å². The Labute approximate surface area is 191 Å².